The maximum atomic E-state index is 13.1. The zero-order valence-electron chi connectivity index (χ0n) is 11.9. The quantitative estimate of drug-likeness (QED) is 0.855. The molecule has 0 bridgehead atoms. The van der Waals surface area contributed by atoms with E-state index in [2.05, 4.69) is 0 Å². The van der Waals surface area contributed by atoms with Gasteiger partial charge in [-0.1, -0.05) is 6.07 Å². The number of aromatic nitrogens is 1. The summed E-state index contributed by atoms with van der Waals surface area (Å²) in [4.78, 5) is 11.9. The van der Waals surface area contributed by atoms with Gasteiger partial charge in [0.05, 0.1) is 0 Å². The minimum Gasteiger partial charge on any atom is -0.489 e. The van der Waals surface area contributed by atoms with Crippen LogP contribution in [0.25, 0.3) is 0 Å². The molecule has 0 unspecified atom stereocenters. The van der Waals surface area contributed by atoms with Gasteiger partial charge in [-0.15, -0.1) is 0 Å². The summed E-state index contributed by atoms with van der Waals surface area (Å²) in [5.74, 6) is 0.166. The lowest BCUT2D eigenvalue weighted by Crippen LogP contribution is -2.21. The van der Waals surface area contributed by atoms with E-state index in [4.69, 9.17) is 4.74 Å². The molecule has 0 aliphatic carbocycles. The van der Waals surface area contributed by atoms with Gasteiger partial charge in [0.25, 0.3) is 5.56 Å². The average Bonchev–Trinajstić information content (AvgIpc) is 2.39. The molecule has 0 aliphatic rings. The smallest absolute Gasteiger partial charge is 0.251 e. The van der Waals surface area contributed by atoms with E-state index in [0.717, 1.165) is 11.1 Å². The first kappa shape index (κ1) is 14.3. The molecule has 0 spiro atoms. The molecule has 0 amide bonds. The van der Waals surface area contributed by atoms with E-state index in [1.54, 1.807) is 22.9 Å². The fraction of sp³-hybridized carbons (Fsp3) is 0.312. The number of ether oxygens (including phenoxy) is 1. The molecule has 1 heterocycles. The third-order valence-electron chi connectivity index (χ3n) is 3.11. The highest BCUT2D eigenvalue weighted by Crippen LogP contribution is 2.19. The van der Waals surface area contributed by atoms with E-state index in [-0.39, 0.29) is 24.0 Å². The topological polar surface area (TPSA) is 31.2 Å². The van der Waals surface area contributed by atoms with Crippen molar-refractivity contribution in [3.63, 3.8) is 0 Å². The second-order valence-corrected chi connectivity index (χ2v) is 5.07. The van der Waals surface area contributed by atoms with Gasteiger partial charge < -0.3 is 9.30 Å². The van der Waals surface area contributed by atoms with Crippen molar-refractivity contribution in [2.45, 2.75) is 33.4 Å². The van der Waals surface area contributed by atoms with E-state index in [1.165, 1.54) is 12.1 Å². The third-order valence-corrected chi connectivity index (χ3v) is 3.11. The van der Waals surface area contributed by atoms with Crippen LogP contribution in [-0.2, 0) is 6.61 Å². The fourth-order valence-corrected chi connectivity index (χ4v) is 1.94. The van der Waals surface area contributed by atoms with Gasteiger partial charge in [-0.2, -0.15) is 0 Å². The Morgan fingerprint density at radius 2 is 2.00 bits per heavy atom. The normalized spacial score (nSPS) is 10.8. The highest BCUT2D eigenvalue weighted by molar-refractivity contribution is 5.32. The molecule has 1 aromatic heterocycles. The first-order valence-electron chi connectivity index (χ1n) is 6.57. The van der Waals surface area contributed by atoms with E-state index < -0.39 is 0 Å². The van der Waals surface area contributed by atoms with Gasteiger partial charge >= 0.3 is 0 Å². The lowest BCUT2D eigenvalue weighted by Gasteiger charge is -2.12. The monoisotopic (exact) mass is 275 g/mol. The number of aryl methyl sites for hydroxylation is 1. The van der Waals surface area contributed by atoms with Crippen LogP contribution in [0.5, 0.6) is 5.75 Å². The molecule has 20 heavy (non-hydrogen) atoms. The number of rotatable bonds is 4. The predicted octanol–water partition coefficient (Wildman–Crippen LogP) is 3.46. The molecule has 0 saturated carbocycles. The average molecular weight is 275 g/mol. The Morgan fingerprint density at radius 3 is 2.65 bits per heavy atom. The molecule has 3 nitrogen and oxygen atoms in total. The highest BCUT2D eigenvalue weighted by Gasteiger charge is 2.05. The van der Waals surface area contributed by atoms with Crippen molar-refractivity contribution in [3.05, 3.63) is 63.8 Å². The van der Waals surface area contributed by atoms with Crippen LogP contribution in [0.4, 0.5) is 4.39 Å². The standard InChI is InChI=1S/C16H18FNO2/c1-11(2)18-7-6-13(8-16(18)19)10-20-15-9-14(17)5-4-12(15)3/h4-9,11H,10H2,1-3H3. The number of halogens is 1. The van der Waals surface area contributed by atoms with Gasteiger partial charge in [-0.3, -0.25) is 4.79 Å². The molecule has 1 aromatic carbocycles. The Balaban J connectivity index is 2.13. The predicted molar refractivity (Wildman–Crippen MR) is 76.6 cm³/mol. The molecule has 0 aliphatic heterocycles. The summed E-state index contributed by atoms with van der Waals surface area (Å²) in [5.41, 5.74) is 1.58. The van der Waals surface area contributed by atoms with Gasteiger partial charge in [-0.25, -0.2) is 4.39 Å². The molecular weight excluding hydrogens is 257 g/mol. The van der Waals surface area contributed by atoms with E-state index in [9.17, 15) is 9.18 Å². The van der Waals surface area contributed by atoms with E-state index in [0.29, 0.717) is 5.75 Å². The molecule has 0 N–H and O–H groups in total. The van der Waals surface area contributed by atoms with Crippen molar-refractivity contribution in [1.29, 1.82) is 0 Å². The Hall–Kier alpha value is -2.10. The van der Waals surface area contributed by atoms with Gasteiger partial charge in [0.15, 0.2) is 0 Å². The maximum absolute atomic E-state index is 13.1. The molecular formula is C16H18FNO2. The van der Waals surface area contributed by atoms with Crippen LogP contribution in [-0.4, -0.2) is 4.57 Å². The van der Waals surface area contributed by atoms with Gasteiger partial charge in [0.2, 0.25) is 0 Å². The Labute approximate surface area is 117 Å². The van der Waals surface area contributed by atoms with E-state index >= 15 is 0 Å². The fourth-order valence-electron chi connectivity index (χ4n) is 1.94. The second kappa shape index (κ2) is 5.90. The number of hydrogen-bond donors (Lipinski definition) is 0. The Kier molecular flexibility index (Phi) is 4.23. The maximum Gasteiger partial charge on any atom is 0.251 e. The third kappa shape index (κ3) is 3.26. The highest BCUT2D eigenvalue weighted by atomic mass is 19.1. The number of hydrogen-bond acceptors (Lipinski definition) is 2. The summed E-state index contributed by atoms with van der Waals surface area (Å²) >= 11 is 0. The largest absolute Gasteiger partial charge is 0.489 e. The first-order chi connectivity index (χ1) is 9.47. The number of nitrogens with zero attached hydrogens (tertiary/aromatic N) is 1. The van der Waals surface area contributed by atoms with Gasteiger partial charge in [0.1, 0.15) is 18.2 Å². The minimum atomic E-state index is -0.333. The van der Waals surface area contributed by atoms with Gasteiger partial charge in [-0.05, 0) is 44.0 Å². The Morgan fingerprint density at radius 1 is 1.25 bits per heavy atom. The van der Waals surface area contributed by atoms with Crippen molar-refractivity contribution < 1.29 is 9.13 Å². The Bertz CT molecular complexity index is 662. The molecule has 106 valence electrons. The van der Waals surface area contributed by atoms with Crippen molar-refractivity contribution in [1.82, 2.24) is 4.57 Å². The van der Waals surface area contributed by atoms with Crippen LogP contribution in [0, 0.1) is 12.7 Å². The van der Waals surface area contributed by atoms with Crippen molar-refractivity contribution in [3.8, 4) is 5.75 Å². The zero-order valence-corrected chi connectivity index (χ0v) is 11.9. The molecule has 0 saturated heterocycles. The SMILES string of the molecule is Cc1ccc(F)cc1OCc1ccn(C(C)C)c(=O)c1. The molecule has 0 atom stereocenters. The summed E-state index contributed by atoms with van der Waals surface area (Å²) in [6, 6.07) is 7.94. The van der Waals surface area contributed by atoms with Crippen LogP contribution < -0.4 is 10.3 Å². The summed E-state index contributed by atoms with van der Waals surface area (Å²) < 4.78 is 20.4. The summed E-state index contributed by atoms with van der Waals surface area (Å²) in [5, 5.41) is 0. The van der Waals surface area contributed by atoms with Crippen LogP contribution in [0.1, 0.15) is 31.0 Å². The summed E-state index contributed by atoms with van der Waals surface area (Å²) in [6.07, 6.45) is 1.75. The van der Waals surface area contributed by atoms with Crippen LogP contribution in [0.3, 0.4) is 0 Å². The van der Waals surface area contributed by atoms with Crippen molar-refractivity contribution in [2.24, 2.45) is 0 Å². The molecule has 0 fully saturated rings. The molecule has 2 rings (SSSR count). The second-order valence-electron chi connectivity index (χ2n) is 5.07. The summed E-state index contributed by atoms with van der Waals surface area (Å²) in [7, 11) is 0. The lowest BCUT2D eigenvalue weighted by molar-refractivity contribution is 0.302. The first-order valence-corrected chi connectivity index (χ1v) is 6.57. The van der Waals surface area contributed by atoms with Crippen LogP contribution in [0.15, 0.2) is 41.3 Å². The lowest BCUT2D eigenvalue weighted by atomic mass is 10.2. The van der Waals surface area contributed by atoms with Crippen molar-refractivity contribution in [2.75, 3.05) is 0 Å². The molecule has 4 heteroatoms. The number of pyridine rings is 1. The molecule has 0 radical (unpaired) electrons. The van der Waals surface area contributed by atoms with Crippen molar-refractivity contribution >= 4 is 0 Å². The zero-order chi connectivity index (χ0) is 14.7. The van der Waals surface area contributed by atoms with E-state index in [1.807, 2.05) is 26.8 Å². The number of benzene rings is 1. The van der Waals surface area contributed by atoms with Crippen LogP contribution >= 0.6 is 0 Å². The summed E-state index contributed by atoms with van der Waals surface area (Å²) in [6.45, 7) is 6.01. The van der Waals surface area contributed by atoms with Gasteiger partial charge in [0, 0.05) is 24.4 Å². The van der Waals surface area contributed by atoms with Crippen LogP contribution in [0.2, 0.25) is 0 Å². The molecule has 2 aromatic rings. The minimum absolute atomic E-state index is 0.0583.